The zero-order valence-electron chi connectivity index (χ0n) is 16.3. The van der Waals surface area contributed by atoms with E-state index in [1.807, 2.05) is 0 Å². The Hall–Kier alpha value is -1.33. The second-order valence-electron chi connectivity index (χ2n) is 9.70. The van der Waals surface area contributed by atoms with Gasteiger partial charge in [-0.1, -0.05) is 20.8 Å². The summed E-state index contributed by atoms with van der Waals surface area (Å²) in [4.78, 5) is 12.5. The van der Waals surface area contributed by atoms with Crippen molar-refractivity contribution in [3.05, 3.63) is 27.6 Å². The Balaban J connectivity index is 1.84. The lowest BCUT2D eigenvalue weighted by molar-refractivity contribution is -0.238. The second-order valence-corrected chi connectivity index (χ2v) is 9.70. The summed E-state index contributed by atoms with van der Waals surface area (Å²) in [6.45, 7) is 10.2. The maximum Gasteiger partial charge on any atom is 0.292 e. The van der Waals surface area contributed by atoms with Crippen molar-refractivity contribution in [2.45, 2.75) is 78.1 Å². The van der Waals surface area contributed by atoms with Gasteiger partial charge in [-0.25, -0.2) is 0 Å². The Morgan fingerprint density at radius 1 is 1.12 bits per heavy atom. The first-order valence-electron chi connectivity index (χ1n) is 9.69. The van der Waals surface area contributed by atoms with Crippen LogP contribution >= 0.6 is 0 Å². The quantitative estimate of drug-likeness (QED) is 0.742. The third-order valence-electron chi connectivity index (χ3n) is 7.96. The summed E-state index contributed by atoms with van der Waals surface area (Å²) in [5.41, 5.74) is -0.670. The van der Waals surface area contributed by atoms with Crippen LogP contribution in [0.1, 0.15) is 58.3 Å². The molecule has 2 saturated carbocycles. The summed E-state index contributed by atoms with van der Waals surface area (Å²) < 4.78 is 12.0. The minimum atomic E-state index is -0.622. The predicted octanol–water partition coefficient (Wildman–Crippen LogP) is 2.83. The molecule has 0 saturated heterocycles. The molecule has 0 amide bonds. The van der Waals surface area contributed by atoms with Gasteiger partial charge in [0.05, 0.1) is 17.8 Å². The molecule has 4 rings (SSSR count). The second kappa shape index (κ2) is 5.35. The molecular formula is C21H30O5. The Kier molecular flexibility index (Phi) is 3.72. The molecule has 1 aromatic rings. The van der Waals surface area contributed by atoms with Crippen LogP contribution in [0.4, 0.5) is 0 Å². The van der Waals surface area contributed by atoms with E-state index in [9.17, 15) is 15.0 Å². The van der Waals surface area contributed by atoms with E-state index in [0.29, 0.717) is 30.1 Å². The Labute approximate surface area is 154 Å². The van der Waals surface area contributed by atoms with Gasteiger partial charge >= 0.3 is 0 Å². The zero-order valence-corrected chi connectivity index (χ0v) is 16.3. The first kappa shape index (κ1) is 18.1. The molecule has 2 fully saturated rings. The van der Waals surface area contributed by atoms with Crippen molar-refractivity contribution in [3.8, 4) is 5.95 Å². The molecular weight excluding hydrogens is 332 g/mol. The summed E-state index contributed by atoms with van der Waals surface area (Å²) in [5.74, 6) is 1.06. The molecule has 0 spiro atoms. The zero-order chi connectivity index (χ0) is 19.1. The van der Waals surface area contributed by atoms with Gasteiger partial charge in [-0.05, 0) is 44.4 Å². The lowest BCUT2D eigenvalue weighted by Crippen LogP contribution is -2.68. The average Bonchev–Trinajstić information content (AvgIpc) is 2.51. The van der Waals surface area contributed by atoms with Crippen molar-refractivity contribution >= 4 is 0 Å². The third-order valence-corrected chi connectivity index (χ3v) is 7.96. The van der Waals surface area contributed by atoms with Crippen LogP contribution < -0.4 is 10.2 Å². The molecule has 3 aliphatic rings. The average molecular weight is 362 g/mol. The Morgan fingerprint density at radius 2 is 1.81 bits per heavy atom. The minimum Gasteiger partial charge on any atom is -0.458 e. The van der Waals surface area contributed by atoms with Crippen LogP contribution in [0.5, 0.6) is 5.95 Å². The molecule has 5 nitrogen and oxygen atoms in total. The predicted molar refractivity (Wildman–Crippen MR) is 97.2 cm³/mol. The van der Waals surface area contributed by atoms with Crippen molar-refractivity contribution in [2.75, 3.05) is 0 Å². The van der Waals surface area contributed by atoms with E-state index in [0.717, 1.165) is 12.8 Å². The molecule has 0 bridgehead atoms. The molecule has 2 aliphatic carbocycles. The smallest absolute Gasteiger partial charge is 0.292 e. The lowest BCUT2D eigenvalue weighted by atomic mass is 9.43. The highest BCUT2D eigenvalue weighted by Gasteiger charge is 2.66. The summed E-state index contributed by atoms with van der Waals surface area (Å²) in [5, 5.41) is 21.7. The van der Waals surface area contributed by atoms with Gasteiger partial charge < -0.3 is 19.4 Å². The largest absolute Gasteiger partial charge is 0.458 e. The van der Waals surface area contributed by atoms with Crippen LogP contribution in [0.2, 0.25) is 0 Å². The number of fused-ring (bicyclic) bond motifs is 4. The maximum absolute atomic E-state index is 12.5. The molecule has 2 N–H and O–H groups in total. The van der Waals surface area contributed by atoms with E-state index in [1.54, 1.807) is 6.92 Å². The molecule has 0 unspecified atom stereocenters. The van der Waals surface area contributed by atoms with E-state index >= 15 is 0 Å². The van der Waals surface area contributed by atoms with E-state index < -0.39 is 23.2 Å². The van der Waals surface area contributed by atoms with Gasteiger partial charge in [0.25, 0.3) is 5.95 Å². The summed E-state index contributed by atoms with van der Waals surface area (Å²) in [6, 6.07) is 1.51. The number of aliphatic hydroxyl groups is 2. The Morgan fingerprint density at radius 3 is 2.50 bits per heavy atom. The van der Waals surface area contributed by atoms with Gasteiger partial charge in [0.1, 0.15) is 11.4 Å². The summed E-state index contributed by atoms with van der Waals surface area (Å²) >= 11 is 0. The van der Waals surface area contributed by atoms with Crippen molar-refractivity contribution in [1.82, 2.24) is 0 Å². The monoisotopic (exact) mass is 362 g/mol. The molecule has 2 heterocycles. The number of hydrogen-bond acceptors (Lipinski definition) is 5. The van der Waals surface area contributed by atoms with Crippen LogP contribution in [-0.2, 0) is 6.42 Å². The fraction of sp³-hybridized carbons (Fsp3) is 0.762. The van der Waals surface area contributed by atoms with Crippen molar-refractivity contribution < 1.29 is 19.4 Å². The van der Waals surface area contributed by atoms with Crippen LogP contribution in [-0.4, -0.2) is 28.0 Å². The first-order valence-corrected chi connectivity index (χ1v) is 9.69. The maximum atomic E-state index is 12.5. The van der Waals surface area contributed by atoms with Crippen LogP contribution in [0, 0.1) is 29.6 Å². The highest BCUT2D eigenvalue weighted by atomic mass is 16.6. The molecule has 1 aromatic heterocycles. The van der Waals surface area contributed by atoms with Gasteiger partial charge in [0, 0.05) is 23.8 Å². The SMILES string of the molecule is Cc1cc(=O)c2c(o1)O[C@]1(C)CC[C@@H]3C(C)(C)[C@H](O)C[C@H](O)[C@@]3(C)[C@H]1C2. The van der Waals surface area contributed by atoms with Gasteiger partial charge in [-0.15, -0.1) is 0 Å². The van der Waals surface area contributed by atoms with Crippen LogP contribution in [0.25, 0.3) is 0 Å². The van der Waals surface area contributed by atoms with E-state index in [2.05, 4.69) is 27.7 Å². The summed E-state index contributed by atoms with van der Waals surface area (Å²) in [7, 11) is 0. The number of rotatable bonds is 0. The fourth-order valence-electron chi connectivity index (χ4n) is 6.31. The van der Waals surface area contributed by atoms with Gasteiger partial charge in [0.2, 0.25) is 0 Å². The van der Waals surface area contributed by atoms with E-state index in [-0.39, 0.29) is 22.7 Å². The van der Waals surface area contributed by atoms with E-state index in [1.165, 1.54) is 6.07 Å². The molecule has 144 valence electrons. The van der Waals surface area contributed by atoms with Gasteiger partial charge in [0.15, 0.2) is 5.43 Å². The first-order chi connectivity index (χ1) is 12.0. The van der Waals surface area contributed by atoms with Gasteiger partial charge in [-0.3, -0.25) is 4.79 Å². The molecule has 0 radical (unpaired) electrons. The lowest BCUT2D eigenvalue weighted by Gasteiger charge is -2.65. The summed E-state index contributed by atoms with van der Waals surface area (Å²) in [6.07, 6.45) is 1.45. The standard InChI is InChI=1S/C21H30O5/c1-11-8-13(22)12-9-15-20(4,26-18(12)25-11)7-6-14-19(2,3)16(23)10-17(24)21(14,15)5/h8,14-17,23-24H,6-7,9-10H2,1-5H3/t14-,15+,16-,17+,20-,21-/m1/s1. The van der Waals surface area contributed by atoms with Crippen molar-refractivity contribution in [2.24, 2.45) is 22.7 Å². The molecule has 1 aliphatic heterocycles. The molecule has 5 heteroatoms. The highest BCUT2D eigenvalue weighted by Crippen LogP contribution is 2.64. The normalized spacial score (nSPS) is 43.7. The number of ether oxygens (including phenoxy) is 1. The molecule has 6 atom stereocenters. The Bertz CT molecular complexity index is 796. The van der Waals surface area contributed by atoms with E-state index in [4.69, 9.17) is 9.15 Å². The number of hydrogen-bond donors (Lipinski definition) is 2. The highest BCUT2D eigenvalue weighted by molar-refractivity contribution is 5.31. The minimum absolute atomic E-state index is 0.00590. The fourth-order valence-corrected chi connectivity index (χ4v) is 6.31. The number of aliphatic hydroxyl groups excluding tert-OH is 2. The molecule has 26 heavy (non-hydrogen) atoms. The number of aryl methyl sites for hydroxylation is 1. The van der Waals surface area contributed by atoms with Crippen molar-refractivity contribution in [1.29, 1.82) is 0 Å². The van der Waals surface area contributed by atoms with Gasteiger partial charge in [-0.2, -0.15) is 0 Å². The molecule has 0 aromatic carbocycles. The third kappa shape index (κ3) is 2.19. The topological polar surface area (TPSA) is 79.9 Å². The van der Waals surface area contributed by atoms with Crippen molar-refractivity contribution in [3.63, 3.8) is 0 Å². The van der Waals surface area contributed by atoms with Crippen LogP contribution in [0.3, 0.4) is 0 Å². The van der Waals surface area contributed by atoms with Crippen LogP contribution in [0.15, 0.2) is 15.3 Å².